The summed E-state index contributed by atoms with van der Waals surface area (Å²) in [6.45, 7) is 12.7. The van der Waals surface area contributed by atoms with E-state index >= 15 is 0 Å². The van der Waals surface area contributed by atoms with Crippen LogP contribution in [0, 0.1) is 6.92 Å². The lowest BCUT2D eigenvalue weighted by Gasteiger charge is -2.29. The second-order valence-electron chi connectivity index (χ2n) is 8.86. The van der Waals surface area contributed by atoms with Gasteiger partial charge in [-0.15, -0.1) is 0 Å². The Morgan fingerprint density at radius 1 is 1.08 bits per heavy atom. The summed E-state index contributed by atoms with van der Waals surface area (Å²) in [7, 11) is 1.93. The first-order chi connectivity index (χ1) is 17.6. The van der Waals surface area contributed by atoms with Gasteiger partial charge in [0.25, 0.3) is 0 Å². The number of hydrogen-bond donors (Lipinski definition) is 1. The van der Waals surface area contributed by atoms with Crippen LogP contribution in [-0.4, -0.2) is 75.1 Å². The van der Waals surface area contributed by atoms with Crippen LogP contribution in [0.2, 0.25) is 0 Å². The molecule has 0 aliphatic carbocycles. The van der Waals surface area contributed by atoms with Crippen LogP contribution in [0.1, 0.15) is 28.0 Å². The Bertz CT molecular complexity index is 1130. The number of para-hydroxylation sites is 1. The molecule has 36 heavy (non-hydrogen) atoms. The molecule has 1 aliphatic rings. The Hall–Kier alpha value is -3.26. The molecule has 7 nitrogen and oxygen atoms in total. The van der Waals surface area contributed by atoms with Gasteiger partial charge in [0.2, 0.25) is 6.41 Å². The standard InChI is InChI=1S/C15H18N2O.C14H20N2O2/c1-3-12-5-6-13-10-14(11-18)17(15(13)9-12)8-4-7-16-2;1-13-4-2-3-5-14(13)16(12-17)7-6-15-8-10-18-11-9-15/h3,5-6,9-11,16H,1,4,7-8H2,2H3;2-5,12H,6-11H2,1H3. The third-order valence-electron chi connectivity index (χ3n) is 6.44. The zero-order chi connectivity index (χ0) is 25.8. The van der Waals surface area contributed by atoms with Crippen molar-refractivity contribution in [2.75, 3.05) is 57.9 Å². The summed E-state index contributed by atoms with van der Waals surface area (Å²) < 4.78 is 7.39. The van der Waals surface area contributed by atoms with Crippen LogP contribution in [0.4, 0.5) is 5.69 Å². The van der Waals surface area contributed by atoms with Gasteiger partial charge in [0.05, 0.1) is 18.9 Å². The van der Waals surface area contributed by atoms with E-state index in [2.05, 4.69) is 27.4 Å². The first kappa shape index (κ1) is 27.3. The predicted molar refractivity (Wildman–Crippen MR) is 148 cm³/mol. The third-order valence-corrected chi connectivity index (χ3v) is 6.44. The van der Waals surface area contributed by atoms with Crippen molar-refractivity contribution in [2.24, 2.45) is 0 Å². The predicted octanol–water partition coefficient (Wildman–Crippen LogP) is 4.00. The van der Waals surface area contributed by atoms with Crippen molar-refractivity contribution in [3.05, 3.63) is 71.9 Å². The Balaban J connectivity index is 0.000000201. The molecule has 0 unspecified atom stereocenters. The summed E-state index contributed by atoms with van der Waals surface area (Å²) in [5, 5.41) is 4.22. The van der Waals surface area contributed by atoms with E-state index in [1.807, 2.05) is 62.5 Å². The number of aryl methyl sites for hydroxylation is 2. The van der Waals surface area contributed by atoms with Gasteiger partial charge in [-0.1, -0.05) is 43.0 Å². The van der Waals surface area contributed by atoms with Gasteiger partial charge in [-0.3, -0.25) is 14.5 Å². The number of morpholine rings is 1. The number of aromatic nitrogens is 1. The summed E-state index contributed by atoms with van der Waals surface area (Å²) in [5.41, 5.74) is 5.05. The first-order valence-electron chi connectivity index (χ1n) is 12.5. The fraction of sp³-hybridized carbons (Fsp3) is 0.379. The monoisotopic (exact) mass is 490 g/mol. The molecule has 1 aromatic heterocycles. The smallest absolute Gasteiger partial charge is 0.214 e. The summed E-state index contributed by atoms with van der Waals surface area (Å²) in [4.78, 5) is 26.5. The number of fused-ring (bicyclic) bond motifs is 1. The Kier molecular flexibility index (Phi) is 10.9. The highest BCUT2D eigenvalue weighted by molar-refractivity contribution is 5.90. The van der Waals surface area contributed by atoms with E-state index in [4.69, 9.17) is 4.74 Å². The molecule has 0 spiro atoms. The minimum atomic E-state index is 0.731. The Morgan fingerprint density at radius 2 is 1.86 bits per heavy atom. The summed E-state index contributed by atoms with van der Waals surface area (Å²) in [6, 6.07) is 16.0. The van der Waals surface area contributed by atoms with Crippen LogP contribution < -0.4 is 10.2 Å². The summed E-state index contributed by atoms with van der Waals surface area (Å²) >= 11 is 0. The number of nitrogens with one attached hydrogen (secondary N) is 1. The van der Waals surface area contributed by atoms with Gasteiger partial charge < -0.3 is 19.5 Å². The SMILES string of the molecule is C=Cc1ccc2cc(C=O)n(CCCNC)c2c1.Cc1ccccc1N(C=O)CCN1CCOCC1. The molecule has 0 atom stereocenters. The lowest BCUT2D eigenvalue weighted by Crippen LogP contribution is -2.41. The number of carbonyl (C=O) groups excluding carboxylic acids is 2. The van der Waals surface area contributed by atoms with Crippen molar-refractivity contribution in [3.8, 4) is 0 Å². The average molecular weight is 491 g/mol. The second-order valence-corrected chi connectivity index (χ2v) is 8.86. The highest BCUT2D eigenvalue weighted by Gasteiger charge is 2.13. The number of anilines is 1. The van der Waals surface area contributed by atoms with Crippen LogP contribution in [-0.2, 0) is 16.1 Å². The van der Waals surface area contributed by atoms with Gasteiger partial charge in [0.15, 0.2) is 6.29 Å². The van der Waals surface area contributed by atoms with Crippen molar-refractivity contribution >= 4 is 35.4 Å². The first-order valence-corrected chi connectivity index (χ1v) is 12.5. The molecule has 0 saturated carbocycles. The molecule has 1 saturated heterocycles. The van der Waals surface area contributed by atoms with Gasteiger partial charge in [-0.2, -0.15) is 0 Å². The highest BCUT2D eigenvalue weighted by Crippen LogP contribution is 2.22. The molecule has 0 radical (unpaired) electrons. The van der Waals surface area contributed by atoms with E-state index in [-0.39, 0.29) is 0 Å². The number of carbonyl (C=O) groups is 2. The van der Waals surface area contributed by atoms with Crippen molar-refractivity contribution < 1.29 is 14.3 Å². The van der Waals surface area contributed by atoms with Gasteiger partial charge in [-0.05, 0) is 56.3 Å². The fourth-order valence-electron chi connectivity index (χ4n) is 4.37. The maximum absolute atomic E-state index is 11.2. The van der Waals surface area contributed by atoms with E-state index < -0.39 is 0 Å². The van der Waals surface area contributed by atoms with Crippen molar-refractivity contribution in [2.45, 2.75) is 19.9 Å². The largest absolute Gasteiger partial charge is 0.379 e. The summed E-state index contributed by atoms with van der Waals surface area (Å²) in [6.07, 6.45) is 4.67. The number of ether oxygens (including phenoxy) is 1. The van der Waals surface area contributed by atoms with Gasteiger partial charge in [-0.25, -0.2) is 0 Å². The van der Waals surface area contributed by atoms with E-state index in [0.29, 0.717) is 0 Å². The van der Waals surface area contributed by atoms with Crippen LogP contribution in [0.25, 0.3) is 17.0 Å². The van der Waals surface area contributed by atoms with Crippen LogP contribution in [0.3, 0.4) is 0 Å². The molecule has 1 amide bonds. The molecule has 2 heterocycles. The van der Waals surface area contributed by atoms with Crippen molar-refractivity contribution in [1.82, 2.24) is 14.8 Å². The Morgan fingerprint density at radius 3 is 2.53 bits per heavy atom. The van der Waals surface area contributed by atoms with Gasteiger partial charge >= 0.3 is 0 Å². The number of amides is 1. The summed E-state index contributed by atoms with van der Waals surface area (Å²) in [5.74, 6) is 0. The molecule has 2 aromatic carbocycles. The molecule has 1 aliphatic heterocycles. The Labute approximate surface area is 214 Å². The number of nitrogens with zero attached hydrogens (tertiary/aromatic N) is 3. The molecule has 1 N–H and O–H groups in total. The molecule has 4 rings (SSSR count). The van der Waals surface area contributed by atoms with E-state index in [1.54, 1.807) is 4.90 Å². The van der Waals surface area contributed by atoms with Crippen molar-refractivity contribution in [1.29, 1.82) is 0 Å². The molecule has 3 aromatic rings. The van der Waals surface area contributed by atoms with Crippen LogP contribution in [0.15, 0.2) is 55.1 Å². The molecule has 0 bridgehead atoms. The van der Waals surface area contributed by atoms with Crippen LogP contribution >= 0.6 is 0 Å². The number of benzene rings is 2. The van der Waals surface area contributed by atoms with E-state index in [1.165, 1.54) is 0 Å². The topological polar surface area (TPSA) is 66.8 Å². The number of aldehydes is 1. The minimum Gasteiger partial charge on any atom is -0.379 e. The van der Waals surface area contributed by atoms with E-state index in [9.17, 15) is 9.59 Å². The van der Waals surface area contributed by atoms with Gasteiger partial charge in [0.1, 0.15) is 0 Å². The normalized spacial score (nSPS) is 13.6. The minimum absolute atomic E-state index is 0.731. The molecule has 192 valence electrons. The number of rotatable bonds is 11. The lowest BCUT2D eigenvalue weighted by molar-refractivity contribution is -0.107. The molecular formula is C29H38N4O3. The lowest BCUT2D eigenvalue weighted by atomic mass is 10.1. The average Bonchev–Trinajstić information content (AvgIpc) is 3.28. The molecular weight excluding hydrogens is 452 g/mol. The third kappa shape index (κ3) is 7.37. The zero-order valence-electron chi connectivity index (χ0n) is 21.5. The van der Waals surface area contributed by atoms with Gasteiger partial charge in [0, 0.05) is 49.3 Å². The number of hydrogen-bond acceptors (Lipinski definition) is 5. The van der Waals surface area contributed by atoms with Crippen molar-refractivity contribution in [3.63, 3.8) is 0 Å². The molecule has 1 fully saturated rings. The highest BCUT2D eigenvalue weighted by atomic mass is 16.5. The fourth-order valence-corrected chi connectivity index (χ4v) is 4.37. The zero-order valence-corrected chi connectivity index (χ0v) is 21.5. The molecule has 7 heteroatoms. The van der Waals surface area contributed by atoms with Crippen LogP contribution in [0.5, 0.6) is 0 Å². The maximum Gasteiger partial charge on any atom is 0.214 e. The maximum atomic E-state index is 11.2. The van der Waals surface area contributed by atoms with E-state index in [0.717, 1.165) is 105 Å². The quantitative estimate of drug-likeness (QED) is 0.325. The second kappa shape index (κ2) is 14.3.